The zero-order valence-corrected chi connectivity index (χ0v) is 8.56. The van der Waals surface area contributed by atoms with E-state index in [0.717, 1.165) is 17.7 Å². The van der Waals surface area contributed by atoms with Crippen molar-refractivity contribution in [3.05, 3.63) is 17.7 Å². The molecular formula is C11H11NO4. The maximum atomic E-state index is 11.0. The average Bonchev–Trinajstić information content (AvgIpc) is 2.71. The predicted molar refractivity (Wildman–Crippen MR) is 54.5 cm³/mol. The second-order valence-electron chi connectivity index (χ2n) is 3.86. The molecule has 0 saturated carbocycles. The van der Waals surface area contributed by atoms with Crippen LogP contribution in [-0.4, -0.2) is 18.8 Å². The molecule has 1 amide bonds. The van der Waals surface area contributed by atoms with Gasteiger partial charge in [-0.15, -0.1) is 0 Å². The Bertz CT molecular complexity index is 458. The van der Waals surface area contributed by atoms with E-state index in [-0.39, 0.29) is 6.79 Å². The molecule has 1 aromatic rings. The Morgan fingerprint density at radius 1 is 1.25 bits per heavy atom. The monoisotopic (exact) mass is 221 g/mol. The highest BCUT2D eigenvalue weighted by atomic mass is 16.7. The number of carbonyl (C=O) groups excluding carboxylic acids is 1. The van der Waals surface area contributed by atoms with Crippen LogP contribution >= 0.6 is 0 Å². The van der Waals surface area contributed by atoms with Gasteiger partial charge >= 0.3 is 0 Å². The van der Waals surface area contributed by atoms with Crippen LogP contribution in [0.3, 0.4) is 0 Å². The fraction of sp³-hybridized carbons (Fsp3) is 0.364. The van der Waals surface area contributed by atoms with Crippen LogP contribution in [0.2, 0.25) is 0 Å². The zero-order valence-electron chi connectivity index (χ0n) is 8.56. The summed E-state index contributed by atoms with van der Waals surface area (Å²) in [6, 6.07) is 3.65. The van der Waals surface area contributed by atoms with Gasteiger partial charge in [0.1, 0.15) is 5.75 Å². The number of amides is 1. The third-order valence-corrected chi connectivity index (χ3v) is 2.82. The maximum Gasteiger partial charge on any atom is 0.258 e. The number of ether oxygens (including phenoxy) is 3. The van der Waals surface area contributed by atoms with Crippen molar-refractivity contribution in [3.8, 4) is 17.2 Å². The number of benzene rings is 1. The summed E-state index contributed by atoms with van der Waals surface area (Å²) in [7, 11) is 0. The van der Waals surface area contributed by atoms with Crippen molar-refractivity contribution in [2.45, 2.75) is 18.9 Å². The number of hydrogen-bond acceptors (Lipinski definition) is 4. The number of primary amides is 1. The van der Waals surface area contributed by atoms with Crippen molar-refractivity contribution >= 4 is 5.91 Å². The summed E-state index contributed by atoms with van der Waals surface area (Å²) in [4.78, 5) is 11.0. The van der Waals surface area contributed by atoms with Gasteiger partial charge in [-0.2, -0.15) is 0 Å². The fourth-order valence-corrected chi connectivity index (χ4v) is 1.97. The largest absolute Gasteiger partial charge is 0.480 e. The molecule has 5 nitrogen and oxygen atoms in total. The molecular weight excluding hydrogens is 210 g/mol. The molecule has 2 aliphatic rings. The molecule has 0 fully saturated rings. The third kappa shape index (κ3) is 1.36. The van der Waals surface area contributed by atoms with E-state index in [1.807, 2.05) is 6.07 Å². The van der Waals surface area contributed by atoms with Crippen molar-refractivity contribution in [2.24, 2.45) is 5.73 Å². The van der Waals surface area contributed by atoms with Crippen molar-refractivity contribution < 1.29 is 19.0 Å². The van der Waals surface area contributed by atoms with E-state index < -0.39 is 12.0 Å². The first kappa shape index (κ1) is 9.33. The van der Waals surface area contributed by atoms with E-state index in [1.165, 1.54) is 0 Å². The van der Waals surface area contributed by atoms with E-state index in [0.29, 0.717) is 17.9 Å². The standard InChI is InChI=1S/C11H11NO4/c12-11(13)7-2-1-6-3-9-10(15-5-14-9)4-8(6)16-7/h3-4,7H,1-2,5H2,(H2,12,13). The minimum absolute atomic E-state index is 0.234. The topological polar surface area (TPSA) is 70.8 Å². The summed E-state index contributed by atoms with van der Waals surface area (Å²) >= 11 is 0. The Kier molecular flexibility index (Phi) is 1.92. The van der Waals surface area contributed by atoms with Gasteiger partial charge in [0, 0.05) is 6.07 Å². The summed E-state index contributed by atoms with van der Waals surface area (Å²) in [6.45, 7) is 0.234. The first-order valence-electron chi connectivity index (χ1n) is 5.12. The maximum absolute atomic E-state index is 11.0. The molecule has 0 aliphatic carbocycles. The lowest BCUT2D eigenvalue weighted by molar-refractivity contribution is -0.125. The van der Waals surface area contributed by atoms with Crippen LogP contribution in [0.4, 0.5) is 0 Å². The van der Waals surface area contributed by atoms with Crippen LogP contribution < -0.4 is 19.9 Å². The molecule has 2 aliphatic heterocycles. The summed E-state index contributed by atoms with van der Waals surface area (Å²) in [5.74, 6) is 1.63. The second-order valence-corrected chi connectivity index (χ2v) is 3.86. The first-order chi connectivity index (χ1) is 7.74. The molecule has 0 saturated heterocycles. The van der Waals surface area contributed by atoms with Gasteiger partial charge in [-0.05, 0) is 24.5 Å². The molecule has 2 N–H and O–H groups in total. The number of hydrogen-bond donors (Lipinski definition) is 1. The summed E-state index contributed by atoms with van der Waals surface area (Å²) in [6.07, 6.45) is 0.842. The van der Waals surface area contributed by atoms with Crippen molar-refractivity contribution in [3.63, 3.8) is 0 Å². The molecule has 16 heavy (non-hydrogen) atoms. The second kappa shape index (κ2) is 3.30. The zero-order chi connectivity index (χ0) is 11.1. The third-order valence-electron chi connectivity index (χ3n) is 2.82. The molecule has 5 heteroatoms. The highest BCUT2D eigenvalue weighted by Crippen LogP contribution is 2.40. The minimum atomic E-state index is -0.534. The number of fused-ring (bicyclic) bond motifs is 2. The molecule has 1 aromatic carbocycles. The normalized spacial score (nSPS) is 21.1. The molecule has 0 spiro atoms. The van der Waals surface area contributed by atoms with Crippen molar-refractivity contribution in [1.82, 2.24) is 0 Å². The first-order valence-corrected chi connectivity index (χ1v) is 5.12. The quantitative estimate of drug-likeness (QED) is 0.753. The molecule has 0 bridgehead atoms. The molecule has 1 unspecified atom stereocenters. The molecule has 3 rings (SSSR count). The Hall–Kier alpha value is -1.91. The Labute approximate surface area is 92.1 Å². The van der Waals surface area contributed by atoms with E-state index in [2.05, 4.69) is 0 Å². The van der Waals surface area contributed by atoms with Gasteiger partial charge in [-0.25, -0.2) is 0 Å². The van der Waals surface area contributed by atoms with E-state index in [4.69, 9.17) is 19.9 Å². The van der Waals surface area contributed by atoms with E-state index in [1.54, 1.807) is 6.07 Å². The summed E-state index contributed by atoms with van der Waals surface area (Å²) < 4.78 is 16.0. The van der Waals surface area contributed by atoms with Crippen LogP contribution in [0.5, 0.6) is 17.2 Å². The molecule has 0 radical (unpaired) electrons. The number of nitrogens with two attached hydrogens (primary N) is 1. The van der Waals surface area contributed by atoms with Crippen LogP contribution in [0.25, 0.3) is 0 Å². The highest BCUT2D eigenvalue weighted by molar-refractivity contribution is 5.79. The van der Waals surface area contributed by atoms with Crippen molar-refractivity contribution in [2.75, 3.05) is 6.79 Å². The summed E-state index contributed by atoms with van der Waals surface area (Å²) in [5, 5.41) is 0. The fourth-order valence-electron chi connectivity index (χ4n) is 1.97. The van der Waals surface area contributed by atoms with Gasteiger partial charge in [-0.1, -0.05) is 0 Å². The number of rotatable bonds is 1. The molecule has 2 heterocycles. The van der Waals surface area contributed by atoms with Crippen molar-refractivity contribution in [1.29, 1.82) is 0 Å². The SMILES string of the molecule is NC(=O)C1CCc2cc3c(cc2O1)OCO3. The Morgan fingerprint density at radius 3 is 2.75 bits per heavy atom. The van der Waals surface area contributed by atoms with E-state index in [9.17, 15) is 4.79 Å². The summed E-state index contributed by atoms with van der Waals surface area (Å²) in [5.41, 5.74) is 6.25. The van der Waals surface area contributed by atoms with E-state index >= 15 is 0 Å². The van der Waals surface area contributed by atoms with Gasteiger partial charge in [0.2, 0.25) is 6.79 Å². The lowest BCUT2D eigenvalue weighted by Gasteiger charge is -2.23. The lowest BCUT2D eigenvalue weighted by atomic mass is 10.0. The Morgan fingerprint density at radius 2 is 2.00 bits per heavy atom. The number of carbonyl (C=O) groups is 1. The molecule has 1 atom stereocenters. The van der Waals surface area contributed by atoms with Crippen LogP contribution in [-0.2, 0) is 11.2 Å². The predicted octanol–water partition coefficient (Wildman–Crippen LogP) is 0.594. The lowest BCUT2D eigenvalue weighted by Crippen LogP contribution is -2.36. The van der Waals surface area contributed by atoms with Crippen LogP contribution in [0, 0.1) is 0 Å². The van der Waals surface area contributed by atoms with Gasteiger partial charge in [0.15, 0.2) is 17.6 Å². The van der Waals surface area contributed by atoms with Gasteiger partial charge < -0.3 is 19.9 Å². The van der Waals surface area contributed by atoms with Gasteiger partial charge in [-0.3, -0.25) is 4.79 Å². The van der Waals surface area contributed by atoms with Gasteiger partial charge in [0.05, 0.1) is 0 Å². The Balaban J connectivity index is 1.96. The minimum Gasteiger partial charge on any atom is -0.480 e. The molecule has 84 valence electrons. The number of aryl methyl sites for hydroxylation is 1. The van der Waals surface area contributed by atoms with Crippen LogP contribution in [0.15, 0.2) is 12.1 Å². The average molecular weight is 221 g/mol. The van der Waals surface area contributed by atoms with Gasteiger partial charge in [0.25, 0.3) is 5.91 Å². The molecule has 0 aromatic heterocycles. The highest BCUT2D eigenvalue weighted by Gasteiger charge is 2.27. The smallest absolute Gasteiger partial charge is 0.258 e. The van der Waals surface area contributed by atoms with Crippen LogP contribution in [0.1, 0.15) is 12.0 Å².